The molecule has 1 amide bonds. The first-order valence-electron chi connectivity index (χ1n) is 5.33. The first-order chi connectivity index (χ1) is 8.55. The number of aliphatic carboxylic acids is 1. The molecule has 0 aliphatic carbocycles. The number of aromatic nitrogens is 1. The lowest BCUT2D eigenvalue weighted by Crippen LogP contribution is -2.54. The maximum atomic E-state index is 11.9. The third-order valence-corrected chi connectivity index (χ3v) is 3.98. The summed E-state index contributed by atoms with van der Waals surface area (Å²) in [5.41, 5.74) is -1.42. The Hall–Kier alpha value is -1.76. The van der Waals surface area contributed by atoms with E-state index in [0.717, 1.165) is 0 Å². The van der Waals surface area contributed by atoms with Crippen LogP contribution in [0.25, 0.3) is 0 Å². The number of nitrogens with zero attached hydrogens (tertiary/aromatic N) is 1. The Balaban J connectivity index is 2.21. The molecule has 1 atom stereocenters. The molecule has 18 heavy (non-hydrogen) atoms. The molecule has 1 aromatic rings. The zero-order valence-corrected chi connectivity index (χ0v) is 10.2. The lowest BCUT2D eigenvalue weighted by Gasteiger charge is -2.24. The van der Waals surface area contributed by atoms with E-state index in [0.29, 0.717) is 17.9 Å². The summed E-state index contributed by atoms with van der Waals surface area (Å²) in [4.78, 5) is 26.9. The van der Waals surface area contributed by atoms with Crippen LogP contribution in [0.4, 0.5) is 0 Å². The fourth-order valence-electron chi connectivity index (χ4n) is 1.73. The van der Waals surface area contributed by atoms with Gasteiger partial charge in [-0.2, -0.15) is 11.8 Å². The third-order valence-electron chi connectivity index (χ3n) is 2.79. The zero-order valence-electron chi connectivity index (χ0n) is 9.42. The Morgan fingerprint density at radius 1 is 1.50 bits per heavy atom. The van der Waals surface area contributed by atoms with Crippen molar-refractivity contribution >= 4 is 23.6 Å². The number of hydrogen-bond acceptors (Lipinski definition) is 5. The van der Waals surface area contributed by atoms with E-state index < -0.39 is 17.4 Å². The maximum Gasteiger partial charge on any atom is 0.330 e. The number of carboxylic acids is 1. The minimum atomic E-state index is -1.26. The second-order valence-electron chi connectivity index (χ2n) is 4.02. The predicted octanol–water partition coefficient (Wildman–Crippen LogP) is 0.477. The number of amides is 1. The molecule has 1 aliphatic heterocycles. The zero-order chi connectivity index (χ0) is 13.2. The van der Waals surface area contributed by atoms with Crippen LogP contribution in [0.15, 0.2) is 18.3 Å². The van der Waals surface area contributed by atoms with Gasteiger partial charge in [-0.15, -0.1) is 0 Å². The second kappa shape index (κ2) is 4.85. The average molecular weight is 268 g/mol. The molecule has 1 aliphatic rings. The monoisotopic (exact) mass is 268 g/mol. The summed E-state index contributed by atoms with van der Waals surface area (Å²) in [5, 5.41) is 21.2. The normalized spacial score (nSPS) is 22.7. The number of carbonyl (C=O) groups excluding carboxylic acids is 1. The molecule has 0 bridgehead atoms. The van der Waals surface area contributed by atoms with Gasteiger partial charge < -0.3 is 15.5 Å². The van der Waals surface area contributed by atoms with E-state index >= 15 is 0 Å². The molecule has 1 aromatic heterocycles. The lowest BCUT2D eigenvalue weighted by atomic mass is 9.99. The van der Waals surface area contributed by atoms with Gasteiger partial charge >= 0.3 is 5.97 Å². The summed E-state index contributed by atoms with van der Waals surface area (Å²) < 4.78 is 0. The number of nitrogens with one attached hydrogen (secondary N) is 1. The van der Waals surface area contributed by atoms with E-state index in [9.17, 15) is 19.8 Å². The van der Waals surface area contributed by atoms with E-state index in [2.05, 4.69) is 10.3 Å². The van der Waals surface area contributed by atoms with E-state index in [1.807, 2.05) is 0 Å². The molecule has 0 saturated carbocycles. The van der Waals surface area contributed by atoms with Crippen molar-refractivity contribution in [1.29, 1.82) is 0 Å². The highest BCUT2D eigenvalue weighted by Crippen LogP contribution is 2.29. The molecule has 2 rings (SSSR count). The molecule has 96 valence electrons. The number of rotatable bonds is 3. The van der Waals surface area contributed by atoms with Crippen LogP contribution in [0.1, 0.15) is 16.9 Å². The SMILES string of the molecule is O=C(NC1(C(=O)O)CCSC1)c1ncccc1O. The molecule has 2 heterocycles. The topological polar surface area (TPSA) is 99.5 Å². The number of thioether (sulfide) groups is 1. The number of aromatic hydroxyl groups is 1. The molecular formula is C11H12N2O4S. The van der Waals surface area contributed by atoms with Crippen molar-refractivity contribution in [2.75, 3.05) is 11.5 Å². The smallest absolute Gasteiger partial charge is 0.330 e. The summed E-state index contributed by atoms with van der Waals surface area (Å²) in [6, 6.07) is 2.82. The first-order valence-corrected chi connectivity index (χ1v) is 6.48. The Morgan fingerprint density at radius 3 is 2.83 bits per heavy atom. The standard InChI is InChI=1S/C11H12N2O4S/c14-7-2-1-4-12-8(7)9(15)13-11(10(16)17)3-5-18-6-11/h1-2,4,14H,3,5-6H2,(H,13,15)(H,16,17). The van der Waals surface area contributed by atoms with Gasteiger partial charge in [0.2, 0.25) is 0 Å². The van der Waals surface area contributed by atoms with Crippen molar-refractivity contribution in [3.63, 3.8) is 0 Å². The molecule has 1 unspecified atom stereocenters. The average Bonchev–Trinajstić information content (AvgIpc) is 2.79. The van der Waals surface area contributed by atoms with Gasteiger partial charge in [0.05, 0.1) is 0 Å². The van der Waals surface area contributed by atoms with Crippen LogP contribution in [0.5, 0.6) is 5.75 Å². The van der Waals surface area contributed by atoms with Crippen LogP contribution in [0.2, 0.25) is 0 Å². The van der Waals surface area contributed by atoms with E-state index in [4.69, 9.17) is 0 Å². The van der Waals surface area contributed by atoms with Gasteiger partial charge in [0.1, 0.15) is 11.3 Å². The molecule has 7 heteroatoms. The van der Waals surface area contributed by atoms with Gasteiger partial charge in [-0.05, 0) is 24.3 Å². The van der Waals surface area contributed by atoms with Crippen molar-refractivity contribution in [2.45, 2.75) is 12.0 Å². The number of carboxylic acid groups (broad SMARTS) is 1. The van der Waals surface area contributed by atoms with E-state index in [1.54, 1.807) is 0 Å². The second-order valence-corrected chi connectivity index (χ2v) is 5.12. The van der Waals surface area contributed by atoms with Gasteiger partial charge in [-0.3, -0.25) is 4.79 Å². The minimum Gasteiger partial charge on any atom is -0.505 e. The molecule has 1 fully saturated rings. The fraction of sp³-hybridized carbons (Fsp3) is 0.364. The van der Waals surface area contributed by atoms with Crippen molar-refractivity contribution in [3.05, 3.63) is 24.0 Å². The Morgan fingerprint density at radius 2 is 2.28 bits per heavy atom. The maximum absolute atomic E-state index is 11.9. The molecule has 1 saturated heterocycles. The van der Waals surface area contributed by atoms with Crippen molar-refractivity contribution in [3.8, 4) is 5.75 Å². The summed E-state index contributed by atoms with van der Waals surface area (Å²) in [7, 11) is 0. The van der Waals surface area contributed by atoms with E-state index in [-0.39, 0.29) is 11.4 Å². The Kier molecular flexibility index (Phi) is 3.42. The van der Waals surface area contributed by atoms with Crippen molar-refractivity contribution in [1.82, 2.24) is 10.3 Å². The number of hydrogen-bond donors (Lipinski definition) is 3. The third kappa shape index (κ3) is 2.26. The molecule has 0 spiro atoms. The van der Waals surface area contributed by atoms with Gasteiger partial charge in [-0.1, -0.05) is 0 Å². The lowest BCUT2D eigenvalue weighted by molar-refractivity contribution is -0.143. The van der Waals surface area contributed by atoms with Gasteiger partial charge in [0, 0.05) is 11.9 Å². The number of pyridine rings is 1. The van der Waals surface area contributed by atoms with Gasteiger partial charge in [0.25, 0.3) is 5.91 Å². The minimum absolute atomic E-state index is 0.157. The number of carbonyl (C=O) groups is 2. The van der Waals surface area contributed by atoms with Gasteiger partial charge in [-0.25, -0.2) is 9.78 Å². The first kappa shape index (κ1) is 12.7. The summed E-state index contributed by atoms with van der Waals surface area (Å²) in [6.45, 7) is 0. The fourth-order valence-corrected chi connectivity index (χ4v) is 3.06. The van der Waals surface area contributed by atoms with Crippen LogP contribution in [-0.2, 0) is 4.79 Å². The Bertz CT molecular complexity index is 486. The van der Waals surface area contributed by atoms with Crippen molar-refractivity contribution < 1.29 is 19.8 Å². The highest BCUT2D eigenvalue weighted by molar-refractivity contribution is 7.99. The molecule has 6 nitrogen and oxygen atoms in total. The van der Waals surface area contributed by atoms with Gasteiger partial charge in [0.15, 0.2) is 5.69 Å². The summed E-state index contributed by atoms with van der Waals surface area (Å²) >= 11 is 1.47. The van der Waals surface area contributed by atoms with Crippen LogP contribution in [0, 0.1) is 0 Å². The quantitative estimate of drug-likeness (QED) is 0.737. The molecular weight excluding hydrogens is 256 g/mol. The predicted molar refractivity (Wildman–Crippen MR) is 65.7 cm³/mol. The van der Waals surface area contributed by atoms with Crippen LogP contribution < -0.4 is 5.32 Å². The molecule has 0 radical (unpaired) electrons. The largest absolute Gasteiger partial charge is 0.505 e. The molecule has 3 N–H and O–H groups in total. The summed E-state index contributed by atoms with van der Waals surface area (Å²) in [6.07, 6.45) is 1.73. The van der Waals surface area contributed by atoms with Crippen molar-refractivity contribution in [2.24, 2.45) is 0 Å². The van der Waals surface area contributed by atoms with E-state index in [1.165, 1.54) is 30.1 Å². The van der Waals surface area contributed by atoms with Crippen LogP contribution in [-0.4, -0.2) is 44.1 Å². The Labute approximate surface area is 107 Å². The van der Waals surface area contributed by atoms with Crippen LogP contribution >= 0.6 is 11.8 Å². The highest BCUT2D eigenvalue weighted by Gasteiger charge is 2.43. The highest BCUT2D eigenvalue weighted by atomic mass is 32.2. The summed E-state index contributed by atoms with van der Waals surface area (Å²) in [5.74, 6) is -0.988. The van der Waals surface area contributed by atoms with Crippen LogP contribution in [0.3, 0.4) is 0 Å². The molecule has 0 aromatic carbocycles.